The smallest absolute Gasteiger partial charge is 0.122 e. The summed E-state index contributed by atoms with van der Waals surface area (Å²) < 4.78 is 10.7. The predicted molar refractivity (Wildman–Crippen MR) is 111 cm³/mol. The van der Waals surface area contributed by atoms with Crippen molar-refractivity contribution in [3.8, 4) is 17.6 Å². The zero-order chi connectivity index (χ0) is 20.4. The van der Waals surface area contributed by atoms with Crippen LogP contribution in [0.15, 0.2) is 48.7 Å². The Bertz CT molecular complexity index is 1060. The summed E-state index contributed by atoms with van der Waals surface area (Å²) in [5.41, 5.74) is 2.11. The van der Waals surface area contributed by atoms with Crippen molar-refractivity contribution in [2.24, 2.45) is 0 Å². The van der Waals surface area contributed by atoms with Crippen LogP contribution in [0, 0.1) is 11.3 Å². The van der Waals surface area contributed by atoms with E-state index in [-0.39, 0.29) is 0 Å². The van der Waals surface area contributed by atoms with Crippen LogP contribution in [0.3, 0.4) is 0 Å². The van der Waals surface area contributed by atoms with E-state index in [1.807, 2.05) is 36.4 Å². The van der Waals surface area contributed by atoms with Crippen molar-refractivity contribution in [1.82, 2.24) is 4.98 Å². The minimum Gasteiger partial charge on any atom is -0.497 e. The first-order valence-electron chi connectivity index (χ1n) is 9.57. The van der Waals surface area contributed by atoms with E-state index in [4.69, 9.17) is 9.47 Å². The number of rotatable bonds is 4. The largest absolute Gasteiger partial charge is 0.497 e. The summed E-state index contributed by atoms with van der Waals surface area (Å²) >= 11 is 0. The van der Waals surface area contributed by atoms with Crippen molar-refractivity contribution < 1.29 is 14.6 Å². The normalized spacial score (nSPS) is 15.7. The number of anilines is 1. The third-order valence-corrected chi connectivity index (χ3v) is 5.66. The van der Waals surface area contributed by atoms with Crippen LogP contribution in [0.5, 0.6) is 11.5 Å². The molecule has 0 atom stereocenters. The van der Waals surface area contributed by atoms with Crippen molar-refractivity contribution in [3.63, 3.8) is 0 Å². The van der Waals surface area contributed by atoms with E-state index in [1.54, 1.807) is 26.5 Å². The fraction of sp³-hybridized carbons (Fsp3) is 0.304. The second-order valence-electron chi connectivity index (χ2n) is 7.27. The van der Waals surface area contributed by atoms with Gasteiger partial charge in [-0.2, -0.15) is 5.26 Å². The van der Waals surface area contributed by atoms with Gasteiger partial charge in [0.25, 0.3) is 0 Å². The van der Waals surface area contributed by atoms with Gasteiger partial charge in [0.2, 0.25) is 0 Å². The number of pyridine rings is 1. The minimum atomic E-state index is -0.978. The number of para-hydroxylation sites is 1. The van der Waals surface area contributed by atoms with Gasteiger partial charge in [0.05, 0.1) is 36.6 Å². The molecule has 148 valence electrons. The Morgan fingerprint density at radius 2 is 1.72 bits per heavy atom. The molecule has 1 aromatic heterocycles. The molecule has 1 fully saturated rings. The van der Waals surface area contributed by atoms with E-state index in [0.717, 1.165) is 22.2 Å². The highest BCUT2D eigenvalue weighted by Gasteiger charge is 2.35. The van der Waals surface area contributed by atoms with Crippen molar-refractivity contribution >= 4 is 16.6 Å². The van der Waals surface area contributed by atoms with Crippen molar-refractivity contribution in [2.45, 2.75) is 18.4 Å². The van der Waals surface area contributed by atoms with Gasteiger partial charge in [-0.1, -0.05) is 18.2 Å². The molecular formula is C23H23N3O3. The summed E-state index contributed by atoms with van der Waals surface area (Å²) in [4.78, 5) is 6.57. The van der Waals surface area contributed by atoms with Gasteiger partial charge in [-0.15, -0.1) is 0 Å². The lowest BCUT2D eigenvalue weighted by Gasteiger charge is -2.40. The molecule has 2 heterocycles. The van der Waals surface area contributed by atoms with E-state index in [0.29, 0.717) is 43.0 Å². The molecule has 0 radical (unpaired) electrons. The number of fused-ring (bicyclic) bond motifs is 1. The van der Waals surface area contributed by atoms with Gasteiger partial charge in [0, 0.05) is 30.7 Å². The summed E-state index contributed by atoms with van der Waals surface area (Å²) in [5.74, 6) is 1.31. The molecule has 0 aliphatic carbocycles. The number of ether oxygens (including phenoxy) is 2. The van der Waals surface area contributed by atoms with Gasteiger partial charge in [-0.25, -0.2) is 0 Å². The Morgan fingerprint density at radius 3 is 2.34 bits per heavy atom. The molecule has 0 saturated carbocycles. The zero-order valence-corrected chi connectivity index (χ0v) is 16.6. The second kappa shape index (κ2) is 7.61. The average molecular weight is 389 g/mol. The molecule has 1 saturated heterocycles. The lowest BCUT2D eigenvalue weighted by Crippen LogP contribution is -2.43. The number of piperidine rings is 1. The topological polar surface area (TPSA) is 78.6 Å². The first-order chi connectivity index (χ1) is 14.1. The summed E-state index contributed by atoms with van der Waals surface area (Å²) in [6, 6.07) is 15.6. The standard InChI is InChI=1S/C23H23N3O3/c1-28-18-11-17(12-19(13-18)29-2)23(27)7-9-26(10-8-23)22-16(14-24)15-25-21-6-4-3-5-20(21)22/h3-6,11-13,15,27H,7-10H2,1-2H3. The summed E-state index contributed by atoms with van der Waals surface area (Å²) in [5, 5.41) is 21.9. The summed E-state index contributed by atoms with van der Waals surface area (Å²) in [6.45, 7) is 1.25. The maximum Gasteiger partial charge on any atom is 0.122 e. The first kappa shape index (κ1) is 19.0. The monoisotopic (exact) mass is 389 g/mol. The maximum absolute atomic E-state index is 11.4. The molecule has 1 aliphatic heterocycles. The summed E-state index contributed by atoms with van der Waals surface area (Å²) in [7, 11) is 3.20. The highest BCUT2D eigenvalue weighted by Crippen LogP contribution is 2.39. The second-order valence-corrected chi connectivity index (χ2v) is 7.27. The molecule has 6 nitrogen and oxygen atoms in total. The Labute approximate surface area is 169 Å². The van der Waals surface area contributed by atoms with E-state index in [9.17, 15) is 10.4 Å². The molecule has 2 aromatic carbocycles. The van der Waals surface area contributed by atoms with Crippen LogP contribution in [0.25, 0.3) is 10.9 Å². The molecular weight excluding hydrogens is 366 g/mol. The number of nitriles is 1. The molecule has 1 aliphatic rings. The molecule has 1 N–H and O–H groups in total. The molecule has 4 rings (SSSR count). The van der Waals surface area contributed by atoms with Crippen molar-refractivity contribution in [1.29, 1.82) is 5.26 Å². The lowest BCUT2D eigenvalue weighted by atomic mass is 9.84. The molecule has 0 amide bonds. The molecule has 6 heteroatoms. The van der Waals surface area contributed by atoms with Crippen LogP contribution >= 0.6 is 0 Å². The Morgan fingerprint density at radius 1 is 1.07 bits per heavy atom. The fourth-order valence-electron chi connectivity index (χ4n) is 4.01. The third-order valence-electron chi connectivity index (χ3n) is 5.66. The van der Waals surface area contributed by atoms with Crippen LogP contribution in [0.4, 0.5) is 5.69 Å². The molecule has 29 heavy (non-hydrogen) atoms. The number of hydrogen-bond acceptors (Lipinski definition) is 6. The molecule has 0 unspecified atom stereocenters. The molecule has 0 spiro atoms. The number of aromatic nitrogens is 1. The number of nitrogens with zero attached hydrogens (tertiary/aromatic N) is 3. The van der Waals surface area contributed by atoms with Gasteiger partial charge >= 0.3 is 0 Å². The molecule has 3 aromatic rings. The number of aliphatic hydroxyl groups is 1. The zero-order valence-electron chi connectivity index (χ0n) is 16.6. The number of hydrogen-bond donors (Lipinski definition) is 1. The van der Waals surface area contributed by atoms with Crippen LogP contribution in [-0.2, 0) is 5.60 Å². The molecule has 0 bridgehead atoms. The van der Waals surface area contributed by atoms with Gasteiger partial charge in [-0.05, 0) is 36.6 Å². The van der Waals surface area contributed by atoms with E-state index < -0.39 is 5.60 Å². The lowest BCUT2D eigenvalue weighted by molar-refractivity contribution is 0.0114. The highest BCUT2D eigenvalue weighted by atomic mass is 16.5. The van der Waals surface area contributed by atoms with Crippen molar-refractivity contribution in [2.75, 3.05) is 32.2 Å². The van der Waals surface area contributed by atoms with E-state index in [2.05, 4.69) is 16.0 Å². The summed E-state index contributed by atoms with van der Waals surface area (Å²) in [6.07, 6.45) is 2.70. The predicted octanol–water partition coefficient (Wildman–Crippen LogP) is 3.61. The quantitative estimate of drug-likeness (QED) is 0.734. The Balaban J connectivity index is 1.65. The van der Waals surface area contributed by atoms with E-state index >= 15 is 0 Å². The van der Waals surface area contributed by atoms with Crippen LogP contribution in [0.1, 0.15) is 24.0 Å². The highest BCUT2D eigenvalue weighted by molar-refractivity contribution is 5.94. The van der Waals surface area contributed by atoms with Crippen LogP contribution < -0.4 is 14.4 Å². The Kier molecular flexibility index (Phi) is 4.99. The van der Waals surface area contributed by atoms with Gasteiger partial charge in [0.1, 0.15) is 17.6 Å². The van der Waals surface area contributed by atoms with E-state index in [1.165, 1.54) is 0 Å². The first-order valence-corrected chi connectivity index (χ1v) is 9.57. The minimum absolute atomic E-state index is 0.533. The van der Waals surface area contributed by atoms with Crippen molar-refractivity contribution in [3.05, 3.63) is 59.8 Å². The SMILES string of the molecule is COc1cc(OC)cc(C2(O)CCN(c3c(C#N)cnc4ccccc34)CC2)c1. The van der Waals surface area contributed by atoms with Gasteiger partial charge in [-0.3, -0.25) is 4.98 Å². The maximum atomic E-state index is 11.4. The Hall–Kier alpha value is -3.30. The fourth-order valence-corrected chi connectivity index (χ4v) is 4.01. The average Bonchev–Trinajstić information content (AvgIpc) is 2.78. The number of benzene rings is 2. The van der Waals surface area contributed by atoms with Crippen LogP contribution in [-0.4, -0.2) is 37.4 Å². The van der Waals surface area contributed by atoms with Gasteiger partial charge in [0.15, 0.2) is 0 Å². The van der Waals surface area contributed by atoms with Gasteiger partial charge < -0.3 is 19.5 Å². The van der Waals surface area contributed by atoms with Crippen LogP contribution in [0.2, 0.25) is 0 Å². The third kappa shape index (κ3) is 3.45. The number of methoxy groups -OCH3 is 2.